The second kappa shape index (κ2) is 5.25. The van der Waals surface area contributed by atoms with Crippen LogP contribution in [0, 0.1) is 28.7 Å². The van der Waals surface area contributed by atoms with E-state index in [0.717, 1.165) is 11.3 Å². The number of nitrogens with one attached hydrogen (secondary N) is 1. The fourth-order valence-electron chi connectivity index (χ4n) is 1.38. The first-order chi connectivity index (χ1) is 9.38. The SMILES string of the molecule is Cc1nnc(NC(=O)c2cc(F)cc([N+](=O)[O-])c2F)s1. The number of aryl methyl sites for hydroxylation is 1. The van der Waals surface area contributed by atoms with E-state index in [1.54, 1.807) is 6.92 Å². The average molecular weight is 300 g/mol. The molecule has 1 aromatic heterocycles. The molecule has 7 nitrogen and oxygen atoms in total. The number of hydrogen-bond acceptors (Lipinski definition) is 6. The van der Waals surface area contributed by atoms with E-state index in [1.807, 2.05) is 0 Å². The van der Waals surface area contributed by atoms with E-state index in [2.05, 4.69) is 15.5 Å². The monoisotopic (exact) mass is 300 g/mol. The van der Waals surface area contributed by atoms with Gasteiger partial charge in [0.2, 0.25) is 10.9 Å². The van der Waals surface area contributed by atoms with Crippen molar-refractivity contribution < 1.29 is 18.5 Å². The standard InChI is InChI=1S/C10H6F2N4O3S/c1-4-14-15-10(20-4)13-9(17)6-2-5(11)3-7(8(6)12)16(18)19/h2-3H,1H3,(H,13,15,17). The lowest BCUT2D eigenvalue weighted by atomic mass is 10.1. The Balaban J connectivity index is 2.37. The minimum Gasteiger partial charge on any atom is -0.296 e. The Morgan fingerprint density at radius 1 is 1.40 bits per heavy atom. The van der Waals surface area contributed by atoms with Gasteiger partial charge in [0.1, 0.15) is 10.8 Å². The molecule has 0 bridgehead atoms. The molecule has 0 unspecified atom stereocenters. The van der Waals surface area contributed by atoms with Gasteiger partial charge >= 0.3 is 5.69 Å². The maximum atomic E-state index is 13.8. The molecule has 0 radical (unpaired) electrons. The van der Waals surface area contributed by atoms with Crippen molar-refractivity contribution in [1.29, 1.82) is 0 Å². The molecule has 1 N–H and O–H groups in total. The Kier molecular flexibility index (Phi) is 3.66. The first kappa shape index (κ1) is 13.9. The number of rotatable bonds is 3. The second-order valence-electron chi connectivity index (χ2n) is 3.62. The molecule has 0 fully saturated rings. The highest BCUT2D eigenvalue weighted by atomic mass is 32.1. The van der Waals surface area contributed by atoms with Crippen LogP contribution >= 0.6 is 11.3 Å². The molecule has 0 saturated heterocycles. The summed E-state index contributed by atoms with van der Waals surface area (Å²) in [6, 6.07) is 0.979. The molecule has 0 aliphatic carbocycles. The van der Waals surface area contributed by atoms with Gasteiger partial charge in [-0.2, -0.15) is 4.39 Å². The number of nitrogens with zero attached hydrogens (tertiary/aromatic N) is 3. The third-order valence-corrected chi connectivity index (χ3v) is 2.96. The van der Waals surface area contributed by atoms with Gasteiger partial charge in [0.25, 0.3) is 5.91 Å². The van der Waals surface area contributed by atoms with Crippen molar-refractivity contribution in [2.45, 2.75) is 6.92 Å². The summed E-state index contributed by atoms with van der Waals surface area (Å²) in [7, 11) is 0. The highest BCUT2D eigenvalue weighted by Crippen LogP contribution is 2.23. The van der Waals surface area contributed by atoms with E-state index >= 15 is 0 Å². The third kappa shape index (κ3) is 2.74. The summed E-state index contributed by atoms with van der Waals surface area (Å²) in [6.07, 6.45) is 0. The van der Waals surface area contributed by atoms with Gasteiger partial charge < -0.3 is 0 Å². The smallest absolute Gasteiger partial charge is 0.296 e. The number of benzene rings is 1. The number of nitro groups is 1. The summed E-state index contributed by atoms with van der Waals surface area (Å²) in [5.41, 5.74) is -1.88. The Bertz CT molecular complexity index is 704. The van der Waals surface area contributed by atoms with Crippen molar-refractivity contribution >= 4 is 28.1 Å². The highest BCUT2D eigenvalue weighted by molar-refractivity contribution is 7.15. The van der Waals surface area contributed by atoms with E-state index in [-0.39, 0.29) is 5.13 Å². The zero-order valence-corrected chi connectivity index (χ0v) is 10.7. The number of carbonyl (C=O) groups is 1. The maximum Gasteiger partial charge on any atom is 0.308 e. The van der Waals surface area contributed by atoms with Crippen LogP contribution in [0.3, 0.4) is 0 Å². The average Bonchev–Trinajstić information content (AvgIpc) is 2.76. The zero-order valence-electron chi connectivity index (χ0n) is 9.89. The summed E-state index contributed by atoms with van der Waals surface area (Å²) in [6.45, 7) is 1.64. The van der Waals surface area contributed by atoms with Crippen LogP contribution in [0.1, 0.15) is 15.4 Å². The molecular weight excluding hydrogens is 294 g/mol. The van der Waals surface area contributed by atoms with Crippen LogP contribution in [0.4, 0.5) is 19.6 Å². The molecule has 0 saturated carbocycles. The number of anilines is 1. The van der Waals surface area contributed by atoms with Crippen molar-refractivity contribution in [3.05, 3.63) is 44.5 Å². The fourth-order valence-corrected chi connectivity index (χ4v) is 1.97. The molecule has 0 aliphatic heterocycles. The van der Waals surface area contributed by atoms with Gasteiger partial charge in [-0.25, -0.2) is 4.39 Å². The summed E-state index contributed by atoms with van der Waals surface area (Å²) in [5, 5.41) is 20.6. The maximum absolute atomic E-state index is 13.8. The molecule has 0 spiro atoms. The summed E-state index contributed by atoms with van der Waals surface area (Å²) >= 11 is 1.03. The van der Waals surface area contributed by atoms with Gasteiger partial charge in [-0.3, -0.25) is 20.2 Å². The quantitative estimate of drug-likeness (QED) is 0.692. The first-order valence-corrected chi connectivity index (χ1v) is 5.95. The van der Waals surface area contributed by atoms with Crippen LogP contribution in [-0.4, -0.2) is 21.0 Å². The number of amides is 1. The normalized spacial score (nSPS) is 10.3. The van der Waals surface area contributed by atoms with E-state index < -0.39 is 33.7 Å². The lowest BCUT2D eigenvalue weighted by molar-refractivity contribution is -0.387. The van der Waals surface area contributed by atoms with Gasteiger partial charge in [-0.15, -0.1) is 10.2 Å². The molecule has 10 heteroatoms. The van der Waals surface area contributed by atoms with Gasteiger partial charge in [-0.05, 0) is 13.0 Å². The minimum atomic E-state index is -1.41. The molecule has 104 valence electrons. The minimum absolute atomic E-state index is 0.0822. The Hall–Kier alpha value is -2.49. The summed E-state index contributed by atoms with van der Waals surface area (Å²) in [4.78, 5) is 21.2. The van der Waals surface area contributed by atoms with Crippen molar-refractivity contribution in [2.75, 3.05) is 5.32 Å². The predicted molar refractivity (Wildman–Crippen MR) is 65.6 cm³/mol. The molecule has 0 atom stereocenters. The van der Waals surface area contributed by atoms with Gasteiger partial charge in [0.05, 0.1) is 16.6 Å². The van der Waals surface area contributed by atoms with E-state index in [4.69, 9.17) is 0 Å². The van der Waals surface area contributed by atoms with Crippen molar-refractivity contribution in [3.63, 3.8) is 0 Å². The van der Waals surface area contributed by atoms with Gasteiger partial charge in [0, 0.05) is 0 Å². The van der Waals surface area contributed by atoms with Gasteiger partial charge in [0.15, 0.2) is 0 Å². The number of nitro benzene ring substituents is 1. The van der Waals surface area contributed by atoms with Crippen LogP contribution in [-0.2, 0) is 0 Å². The van der Waals surface area contributed by atoms with Crippen LogP contribution in [0.25, 0.3) is 0 Å². The zero-order chi connectivity index (χ0) is 14.9. The van der Waals surface area contributed by atoms with Crippen LogP contribution in [0.2, 0.25) is 0 Å². The largest absolute Gasteiger partial charge is 0.308 e. The molecule has 2 aromatic rings. The molecular formula is C10H6F2N4O3S. The molecule has 2 rings (SSSR count). The van der Waals surface area contributed by atoms with E-state index in [9.17, 15) is 23.7 Å². The summed E-state index contributed by atoms with van der Waals surface area (Å²) < 4.78 is 27.0. The highest BCUT2D eigenvalue weighted by Gasteiger charge is 2.24. The van der Waals surface area contributed by atoms with E-state index in [1.165, 1.54) is 0 Å². The molecule has 1 amide bonds. The van der Waals surface area contributed by atoms with E-state index in [0.29, 0.717) is 17.1 Å². The van der Waals surface area contributed by atoms with Crippen molar-refractivity contribution in [2.24, 2.45) is 0 Å². The van der Waals surface area contributed by atoms with Crippen LogP contribution in [0.5, 0.6) is 0 Å². The lowest BCUT2D eigenvalue weighted by Crippen LogP contribution is -2.15. The Morgan fingerprint density at radius 3 is 2.65 bits per heavy atom. The predicted octanol–water partition coefficient (Wildman–Crippen LogP) is 2.29. The van der Waals surface area contributed by atoms with Crippen molar-refractivity contribution in [3.8, 4) is 0 Å². The Morgan fingerprint density at radius 2 is 2.10 bits per heavy atom. The Labute approximate surface area is 114 Å². The number of halogens is 2. The number of hydrogen-bond donors (Lipinski definition) is 1. The molecule has 1 aromatic carbocycles. The first-order valence-electron chi connectivity index (χ1n) is 5.13. The second-order valence-corrected chi connectivity index (χ2v) is 4.81. The third-order valence-electron chi connectivity index (χ3n) is 2.21. The number of carbonyl (C=O) groups excluding carboxylic acids is 1. The summed E-state index contributed by atoms with van der Waals surface area (Å²) in [5.74, 6) is -3.53. The fraction of sp³-hybridized carbons (Fsp3) is 0.100. The van der Waals surface area contributed by atoms with Gasteiger partial charge in [-0.1, -0.05) is 11.3 Å². The molecule has 0 aliphatic rings. The topological polar surface area (TPSA) is 98.0 Å². The van der Waals surface area contributed by atoms with Crippen LogP contribution in [0.15, 0.2) is 12.1 Å². The van der Waals surface area contributed by atoms with Crippen LogP contribution < -0.4 is 5.32 Å². The van der Waals surface area contributed by atoms with Crippen molar-refractivity contribution in [1.82, 2.24) is 10.2 Å². The number of aromatic nitrogens is 2. The lowest BCUT2D eigenvalue weighted by Gasteiger charge is -2.03. The molecule has 20 heavy (non-hydrogen) atoms. The molecule has 1 heterocycles.